The summed E-state index contributed by atoms with van der Waals surface area (Å²) in [5.41, 5.74) is 3.59. The summed E-state index contributed by atoms with van der Waals surface area (Å²) in [6, 6.07) is 0.736. The molecule has 0 bridgehead atoms. The number of hydrogen-bond acceptors (Lipinski definition) is 6. The van der Waals surface area contributed by atoms with E-state index in [0.717, 1.165) is 22.4 Å². The number of hydrogen-bond donors (Lipinski definition) is 2. The van der Waals surface area contributed by atoms with Gasteiger partial charge in [0.2, 0.25) is 5.95 Å². The van der Waals surface area contributed by atoms with Gasteiger partial charge in [0.1, 0.15) is 5.03 Å². The van der Waals surface area contributed by atoms with Gasteiger partial charge in [0.25, 0.3) is 0 Å². The fraction of sp³-hybridized carbons (Fsp3) is 0.250. The minimum absolute atomic E-state index is 0.0538. The topological polar surface area (TPSA) is 102 Å². The summed E-state index contributed by atoms with van der Waals surface area (Å²) in [4.78, 5) is 17.9. The van der Waals surface area contributed by atoms with Gasteiger partial charge in [0.05, 0.1) is 0 Å². The monoisotopic (exact) mass is 292 g/mol. The maximum atomic E-state index is 12.5. The standard InChI is InChI=1S/C8H7F3N6OS/c1-17-6(18)15-16-7(17)19-4-2-3(8(9,10)11)13-5(12)14-4/h2H,1H3,(H,15,18)(H2,12,13,14). The Morgan fingerprint density at radius 1 is 1.42 bits per heavy atom. The van der Waals surface area contributed by atoms with E-state index in [-0.39, 0.29) is 10.2 Å². The van der Waals surface area contributed by atoms with E-state index in [9.17, 15) is 18.0 Å². The smallest absolute Gasteiger partial charge is 0.368 e. The van der Waals surface area contributed by atoms with Crippen LogP contribution in [0.25, 0.3) is 0 Å². The molecule has 11 heteroatoms. The van der Waals surface area contributed by atoms with E-state index in [4.69, 9.17) is 5.73 Å². The van der Waals surface area contributed by atoms with Crippen LogP contribution in [0.2, 0.25) is 0 Å². The van der Waals surface area contributed by atoms with Crippen molar-refractivity contribution in [1.82, 2.24) is 24.7 Å². The van der Waals surface area contributed by atoms with Gasteiger partial charge in [-0.05, 0) is 11.8 Å². The summed E-state index contributed by atoms with van der Waals surface area (Å²) in [6.07, 6.45) is -4.62. The van der Waals surface area contributed by atoms with Crippen molar-refractivity contribution in [3.8, 4) is 0 Å². The summed E-state index contributed by atoms with van der Waals surface area (Å²) in [5, 5.41) is 5.90. The molecule has 7 nitrogen and oxygen atoms in total. The molecule has 0 unspecified atom stereocenters. The third kappa shape index (κ3) is 2.86. The molecule has 0 atom stereocenters. The quantitative estimate of drug-likeness (QED) is 0.788. The van der Waals surface area contributed by atoms with Crippen molar-refractivity contribution in [2.45, 2.75) is 16.4 Å². The maximum absolute atomic E-state index is 12.5. The fourth-order valence-corrected chi connectivity index (χ4v) is 1.97. The number of aromatic nitrogens is 5. The molecule has 2 heterocycles. The van der Waals surface area contributed by atoms with Gasteiger partial charge in [-0.15, -0.1) is 5.10 Å². The molecule has 0 saturated carbocycles. The minimum atomic E-state index is -4.62. The molecule has 102 valence electrons. The zero-order chi connectivity index (χ0) is 14.2. The number of alkyl halides is 3. The van der Waals surface area contributed by atoms with Crippen LogP contribution in [0, 0.1) is 0 Å². The zero-order valence-electron chi connectivity index (χ0n) is 9.39. The first-order valence-electron chi connectivity index (χ1n) is 4.78. The zero-order valence-corrected chi connectivity index (χ0v) is 10.2. The lowest BCUT2D eigenvalue weighted by Gasteiger charge is -2.07. The number of nitrogen functional groups attached to an aromatic ring is 1. The molecule has 0 aliphatic rings. The summed E-state index contributed by atoms with van der Waals surface area (Å²) in [6.45, 7) is 0. The molecular weight excluding hydrogens is 285 g/mol. The van der Waals surface area contributed by atoms with E-state index in [1.807, 2.05) is 0 Å². The second-order valence-electron chi connectivity index (χ2n) is 3.42. The number of halogens is 3. The highest BCUT2D eigenvalue weighted by Crippen LogP contribution is 2.31. The first-order chi connectivity index (χ1) is 8.77. The Balaban J connectivity index is 2.38. The van der Waals surface area contributed by atoms with Crippen molar-refractivity contribution in [2.75, 3.05) is 5.73 Å². The first-order valence-corrected chi connectivity index (χ1v) is 5.60. The number of nitrogens with one attached hydrogen (secondary N) is 1. The Morgan fingerprint density at radius 3 is 2.63 bits per heavy atom. The van der Waals surface area contributed by atoms with Crippen molar-refractivity contribution in [3.63, 3.8) is 0 Å². The number of nitrogens with zero attached hydrogens (tertiary/aromatic N) is 4. The third-order valence-corrected chi connectivity index (χ3v) is 3.01. The molecule has 0 fully saturated rings. The largest absolute Gasteiger partial charge is 0.433 e. The molecule has 2 aromatic heterocycles. The summed E-state index contributed by atoms with van der Waals surface area (Å²) in [7, 11) is 1.42. The van der Waals surface area contributed by atoms with Crippen LogP contribution in [-0.4, -0.2) is 24.7 Å². The highest BCUT2D eigenvalue weighted by atomic mass is 32.2. The minimum Gasteiger partial charge on any atom is -0.368 e. The number of rotatable bonds is 2. The van der Waals surface area contributed by atoms with Gasteiger partial charge in [-0.2, -0.15) is 13.2 Å². The molecule has 19 heavy (non-hydrogen) atoms. The SMILES string of the molecule is Cn1c(Sc2cc(C(F)(F)F)nc(N)n2)n[nH]c1=O. The van der Waals surface area contributed by atoms with Crippen LogP contribution in [0.15, 0.2) is 21.0 Å². The average molecular weight is 292 g/mol. The first kappa shape index (κ1) is 13.4. The fourth-order valence-electron chi connectivity index (χ4n) is 1.16. The Hall–Kier alpha value is -2.04. The molecule has 0 aliphatic heterocycles. The average Bonchev–Trinajstić information content (AvgIpc) is 2.59. The highest BCUT2D eigenvalue weighted by Gasteiger charge is 2.33. The van der Waals surface area contributed by atoms with E-state index in [0.29, 0.717) is 0 Å². The van der Waals surface area contributed by atoms with E-state index in [1.54, 1.807) is 0 Å². The Labute approximate surface area is 108 Å². The van der Waals surface area contributed by atoms with Crippen molar-refractivity contribution in [3.05, 3.63) is 22.2 Å². The molecule has 2 aromatic rings. The van der Waals surface area contributed by atoms with Gasteiger partial charge in [0, 0.05) is 13.1 Å². The normalized spacial score (nSPS) is 11.8. The second-order valence-corrected chi connectivity index (χ2v) is 4.41. The van der Waals surface area contributed by atoms with Crippen LogP contribution in [-0.2, 0) is 13.2 Å². The van der Waals surface area contributed by atoms with Crippen LogP contribution >= 0.6 is 11.8 Å². The summed E-state index contributed by atoms with van der Waals surface area (Å²) >= 11 is 0.769. The van der Waals surface area contributed by atoms with Crippen molar-refractivity contribution < 1.29 is 13.2 Å². The number of nitrogens with two attached hydrogens (primary N) is 1. The third-order valence-electron chi connectivity index (χ3n) is 2.04. The van der Waals surface area contributed by atoms with Gasteiger partial charge >= 0.3 is 11.9 Å². The number of anilines is 1. The van der Waals surface area contributed by atoms with Gasteiger partial charge in [0.15, 0.2) is 10.9 Å². The van der Waals surface area contributed by atoms with Crippen molar-refractivity contribution in [2.24, 2.45) is 7.05 Å². The molecule has 0 aliphatic carbocycles. The lowest BCUT2D eigenvalue weighted by atomic mass is 10.4. The second kappa shape index (κ2) is 4.57. The molecule has 0 spiro atoms. The summed E-state index contributed by atoms with van der Waals surface area (Å²) in [5.74, 6) is -0.502. The molecule has 0 amide bonds. The van der Waals surface area contributed by atoms with Gasteiger partial charge < -0.3 is 5.73 Å². The molecule has 2 rings (SSSR count). The summed E-state index contributed by atoms with van der Waals surface area (Å²) < 4.78 is 38.7. The molecule has 0 saturated heterocycles. The van der Waals surface area contributed by atoms with E-state index < -0.39 is 23.5 Å². The van der Waals surface area contributed by atoms with Gasteiger partial charge in [-0.3, -0.25) is 4.57 Å². The molecular formula is C8H7F3N6OS. The highest BCUT2D eigenvalue weighted by molar-refractivity contribution is 7.99. The van der Waals surface area contributed by atoms with E-state index >= 15 is 0 Å². The number of H-pyrrole nitrogens is 1. The maximum Gasteiger partial charge on any atom is 0.433 e. The number of aromatic amines is 1. The molecule has 0 radical (unpaired) electrons. The predicted molar refractivity (Wildman–Crippen MR) is 59.4 cm³/mol. The van der Waals surface area contributed by atoms with Gasteiger partial charge in [-0.25, -0.2) is 19.9 Å². The Kier molecular flexibility index (Phi) is 3.22. The van der Waals surface area contributed by atoms with Crippen LogP contribution in [0.3, 0.4) is 0 Å². The van der Waals surface area contributed by atoms with Crippen LogP contribution in [0.5, 0.6) is 0 Å². The Morgan fingerprint density at radius 2 is 2.11 bits per heavy atom. The van der Waals surface area contributed by atoms with E-state index in [1.165, 1.54) is 7.05 Å². The van der Waals surface area contributed by atoms with Crippen LogP contribution in [0.1, 0.15) is 5.69 Å². The van der Waals surface area contributed by atoms with Crippen molar-refractivity contribution in [1.29, 1.82) is 0 Å². The van der Waals surface area contributed by atoms with Crippen LogP contribution < -0.4 is 11.4 Å². The Bertz CT molecular complexity index is 663. The lowest BCUT2D eigenvalue weighted by molar-refractivity contribution is -0.141. The van der Waals surface area contributed by atoms with Gasteiger partial charge in [-0.1, -0.05) is 0 Å². The predicted octanol–water partition coefficient (Wildman–Crippen LogP) is 0.651. The van der Waals surface area contributed by atoms with Crippen molar-refractivity contribution >= 4 is 17.7 Å². The molecule has 0 aromatic carbocycles. The lowest BCUT2D eigenvalue weighted by Crippen LogP contribution is -2.13. The van der Waals surface area contributed by atoms with E-state index in [2.05, 4.69) is 20.2 Å². The molecule has 3 N–H and O–H groups in total. The van der Waals surface area contributed by atoms with Crippen LogP contribution in [0.4, 0.5) is 19.1 Å².